The van der Waals surface area contributed by atoms with Gasteiger partial charge >= 0.3 is 0 Å². The summed E-state index contributed by atoms with van der Waals surface area (Å²) in [5.41, 5.74) is 1.91. The maximum atomic E-state index is 14.4. The molecule has 0 saturated heterocycles. The van der Waals surface area contributed by atoms with Gasteiger partial charge in [0.25, 0.3) is 17.7 Å². The highest BCUT2D eigenvalue weighted by atomic mass is 16.4. The van der Waals surface area contributed by atoms with Crippen LogP contribution in [-0.4, -0.2) is 66.5 Å². The van der Waals surface area contributed by atoms with Gasteiger partial charge in [0.05, 0.1) is 23.8 Å². The number of nitrogens with one attached hydrogen (secondary N) is 3. The topological polar surface area (TPSA) is 198 Å². The molecule has 1 aliphatic heterocycles. The SMILES string of the molecule is Cc1nc(-c2cccnc2)ncc1C(=O)N1CC(=O)N[C@H](CC(C)C)c2nc(co2)C(=O)N[C@@H](C)c2nc(c(C)o2)C(=O)N[C@@H](c2ccccc2)C1. The molecule has 15 nitrogen and oxygen atoms in total. The van der Waals surface area contributed by atoms with Crippen molar-refractivity contribution in [2.75, 3.05) is 13.1 Å². The molecule has 0 fully saturated rings. The Morgan fingerprint density at radius 3 is 2.44 bits per heavy atom. The summed E-state index contributed by atoms with van der Waals surface area (Å²) in [5, 5.41) is 8.72. The number of carbonyl (C=O) groups excluding carboxylic acids is 4. The zero-order chi connectivity index (χ0) is 36.9. The third kappa shape index (κ3) is 8.04. The normalized spacial score (nSPS) is 18.6. The Labute approximate surface area is 299 Å². The molecule has 0 saturated carbocycles. The lowest BCUT2D eigenvalue weighted by Gasteiger charge is -2.29. The van der Waals surface area contributed by atoms with Crippen LogP contribution in [0, 0.1) is 19.8 Å². The Morgan fingerprint density at radius 1 is 0.942 bits per heavy atom. The summed E-state index contributed by atoms with van der Waals surface area (Å²) in [4.78, 5) is 78.6. The second-order valence-corrected chi connectivity index (χ2v) is 13.0. The van der Waals surface area contributed by atoms with E-state index in [-0.39, 0.29) is 47.0 Å². The molecule has 3 atom stereocenters. The van der Waals surface area contributed by atoms with E-state index in [1.54, 1.807) is 39.2 Å². The smallest absolute Gasteiger partial charge is 0.274 e. The van der Waals surface area contributed by atoms with Crippen molar-refractivity contribution in [3.8, 4) is 11.4 Å². The van der Waals surface area contributed by atoms with Crippen LogP contribution in [0.1, 0.15) is 105 Å². The van der Waals surface area contributed by atoms with Crippen molar-refractivity contribution in [2.24, 2.45) is 5.92 Å². The first-order valence-corrected chi connectivity index (χ1v) is 16.9. The number of pyridine rings is 1. The Kier molecular flexibility index (Phi) is 10.5. The number of hydrogen-bond donors (Lipinski definition) is 3. The summed E-state index contributed by atoms with van der Waals surface area (Å²) >= 11 is 0. The van der Waals surface area contributed by atoms with Crippen LogP contribution >= 0.6 is 0 Å². The number of aryl methyl sites for hydroxylation is 2. The van der Waals surface area contributed by atoms with Gasteiger partial charge in [0.1, 0.15) is 24.1 Å². The average molecular weight is 706 g/mol. The lowest BCUT2D eigenvalue weighted by atomic mass is 10.0. The fourth-order valence-corrected chi connectivity index (χ4v) is 5.87. The molecule has 0 unspecified atom stereocenters. The molecular formula is C37H39N9O6. The van der Waals surface area contributed by atoms with Gasteiger partial charge in [-0.2, -0.15) is 0 Å². The minimum atomic E-state index is -0.794. The van der Waals surface area contributed by atoms with Crippen molar-refractivity contribution in [1.82, 2.24) is 45.8 Å². The number of benzene rings is 1. The zero-order valence-corrected chi connectivity index (χ0v) is 29.4. The maximum absolute atomic E-state index is 14.4. The van der Waals surface area contributed by atoms with Crippen LogP contribution in [0.25, 0.3) is 11.4 Å². The maximum Gasteiger partial charge on any atom is 0.274 e. The molecule has 4 aromatic heterocycles. The van der Waals surface area contributed by atoms with Crippen LogP contribution in [0.4, 0.5) is 0 Å². The summed E-state index contributed by atoms with van der Waals surface area (Å²) in [6.45, 7) is 8.38. The summed E-state index contributed by atoms with van der Waals surface area (Å²) in [5.74, 6) is -1.21. The number of oxazole rings is 2. The number of aromatic nitrogens is 5. The molecule has 3 N–H and O–H groups in total. The number of fused-ring (bicyclic) bond motifs is 4. The zero-order valence-electron chi connectivity index (χ0n) is 29.4. The second kappa shape index (κ2) is 15.3. The predicted molar refractivity (Wildman–Crippen MR) is 187 cm³/mol. The summed E-state index contributed by atoms with van der Waals surface area (Å²) < 4.78 is 11.5. The third-order valence-corrected chi connectivity index (χ3v) is 8.50. The summed E-state index contributed by atoms with van der Waals surface area (Å²) in [6, 6.07) is 10.4. The molecule has 15 heteroatoms. The van der Waals surface area contributed by atoms with E-state index < -0.39 is 48.3 Å². The first-order valence-electron chi connectivity index (χ1n) is 16.9. The van der Waals surface area contributed by atoms with Crippen molar-refractivity contribution in [2.45, 2.75) is 59.2 Å². The van der Waals surface area contributed by atoms with Gasteiger partial charge < -0.3 is 29.7 Å². The number of rotatable bonds is 5. The van der Waals surface area contributed by atoms with Gasteiger partial charge in [-0.15, -0.1) is 0 Å². The Bertz CT molecular complexity index is 2080. The molecule has 6 rings (SSSR count). The van der Waals surface area contributed by atoms with Gasteiger partial charge in [-0.05, 0) is 50.8 Å². The molecule has 52 heavy (non-hydrogen) atoms. The highest BCUT2D eigenvalue weighted by molar-refractivity contribution is 5.98. The fourth-order valence-electron chi connectivity index (χ4n) is 5.87. The highest BCUT2D eigenvalue weighted by Gasteiger charge is 2.31. The quantitative estimate of drug-likeness (QED) is 0.233. The van der Waals surface area contributed by atoms with Gasteiger partial charge in [-0.1, -0.05) is 44.2 Å². The minimum Gasteiger partial charge on any atom is -0.446 e. The van der Waals surface area contributed by atoms with E-state index in [9.17, 15) is 19.2 Å². The van der Waals surface area contributed by atoms with Crippen LogP contribution < -0.4 is 16.0 Å². The van der Waals surface area contributed by atoms with Crippen LogP contribution in [0.3, 0.4) is 0 Å². The van der Waals surface area contributed by atoms with Gasteiger partial charge in [-0.3, -0.25) is 24.2 Å². The van der Waals surface area contributed by atoms with E-state index >= 15 is 0 Å². The summed E-state index contributed by atoms with van der Waals surface area (Å²) in [6.07, 6.45) is 6.33. The average Bonchev–Trinajstić information content (AvgIpc) is 3.78. The van der Waals surface area contributed by atoms with Gasteiger partial charge in [-0.25, -0.2) is 19.9 Å². The molecule has 0 aliphatic carbocycles. The van der Waals surface area contributed by atoms with Crippen molar-refractivity contribution in [1.29, 1.82) is 0 Å². The molecule has 268 valence electrons. The first-order chi connectivity index (χ1) is 25.0. The highest BCUT2D eigenvalue weighted by Crippen LogP contribution is 2.25. The van der Waals surface area contributed by atoms with Crippen LogP contribution in [0.15, 0.2) is 76.2 Å². The Hall–Kier alpha value is -6.25. The van der Waals surface area contributed by atoms with E-state index in [2.05, 4.69) is 40.9 Å². The molecular weight excluding hydrogens is 666 g/mol. The monoisotopic (exact) mass is 705 g/mol. The molecule has 1 aromatic carbocycles. The van der Waals surface area contributed by atoms with Crippen molar-refractivity contribution >= 4 is 23.6 Å². The van der Waals surface area contributed by atoms with Gasteiger partial charge in [0.15, 0.2) is 17.2 Å². The third-order valence-electron chi connectivity index (χ3n) is 8.50. The molecule has 0 spiro atoms. The molecule has 1 aliphatic rings. The Balaban J connectivity index is 1.41. The predicted octanol–water partition coefficient (Wildman–Crippen LogP) is 4.45. The number of amides is 4. The van der Waals surface area contributed by atoms with Crippen molar-refractivity contribution in [3.05, 3.63) is 113 Å². The van der Waals surface area contributed by atoms with E-state index in [1.165, 1.54) is 17.4 Å². The van der Waals surface area contributed by atoms with Crippen molar-refractivity contribution < 1.29 is 28.0 Å². The standard InChI is InChI=1S/C37H39N9O6/c1-20(2)14-27-36-44-29(19-51-36)33(48)41-22(4)35-45-31(23(5)52-35)34(49)43-28(24-10-7-6-8-11-24)17-46(18-30(47)42-27)37(50)26-16-39-32(40-21(26)3)25-12-9-13-38-15-25/h6-13,15-16,19-20,22,27-28H,14,17-18H2,1-5H3,(H,41,48)(H,42,47)(H,43,49)/t22-,27+,28+/m0/s1. The van der Waals surface area contributed by atoms with E-state index in [0.29, 0.717) is 29.1 Å². The van der Waals surface area contributed by atoms with Crippen LogP contribution in [0.2, 0.25) is 0 Å². The molecule has 0 radical (unpaired) electrons. The van der Waals surface area contributed by atoms with Crippen LogP contribution in [-0.2, 0) is 4.79 Å². The van der Waals surface area contributed by atoms with E-state index in [4.69, 9.17) is 8.83 Å². The lowest BCUT2D eigenvalue weighted by molar-refractivity contribution is -0.122. The lowest BCUT2D eigenvalue weighted by Crippen LogP contribution is -2.46. The van der Waals surface area contributed by atoms with Crippen molar-refractivity contribution in [3.63, 3.8) is 0 Å². The summed E-state index contributed by atoms with van der Waals surface area (Å²) in [7, 11) is 0. The minimum absolute atomic E-state index is 0.00394. The van der Waals surface area contributed by atoms with Gasteiger partial charge in [0.2, 0.25) is 17.7 Å². The first kappa shape index (κ1) is 35.6. The van der Waals surface area contributed by atoms with Crippen LogP contribution in [0.5, 0.6) is 0 Å². The number of carbonyl (C=O) groups is 4. The number of hydrogen-bond acceptors (Lipinski definition) is 11. The van der Waals surface area contributed by atoms with E-state index in [1.807, 2.05) is 50.2 Å². The molecule has 4 bridgehead atoms. The molecule has 4 amide bonds. The largest absolute Gasteiger partial charge is 0.446 e. The number of nitrogens with zero attached hydrogens (tertiary/aromatic N) is 6. The van der Waals surface area contributed by atoms with E-state index in [0.717, 1.165) is 0 Å². The molecule has 5 heterocycles. The van der Waals surface area contributed by atoms with Gasteiger partial charge in [0, 0.05) is 30.7 Å². The fraction of sp³-hybridized carbons (Fsp3) is 0.324. The second-order valence-electron chi connectivity index (χ2n) is 13.0. The Morgan fingerprint density at radius 2 is 1.73 bits per heavy atom. The molecule has 5 aromatic rings.